The smallest absolute Gasteiger partial charge is 0.237 e. The quantitative estimate of drug-likeness (QED) is 0.655. The van der Waals surface area contributed by atoms with E-state index in [0.717, 1.165) is 18.4 Å². The Morgan fingerprint density at radius 1 is 1.47 bits per heavy atom. The van der Waals surface area contributed by atoms with E-state index in [1.165, 1.54) is 0 Å². The molecule has 0 aromatic heterocycles. The van der Waals surface area contributed by atoms with Gasteiger partial charge in [0, 0.05) is 6.04 Å². The molecule has 2 unspecified atom stereocenters. The molecule has 4 nitrogen and oxygen atoms in total. The lowest BCUT2D eigenvalue weighted by molar-refractivity contribution is -0.122. The predicted octanol–water partition coefficient (Wildman–Crippen LogP) is 1.73. The monoisotopic (exact) mass is 262 g/mol. The minimum absolute atomic E-state index is 0.0668. The van der Waals surface area contributed by atoms with Crippen molar-refractivity contribution in [1.82, 2.24) is 5.32 Å². The molecule has 0 saturated carbocycles. The highest BCUT2D eigenvalue weighted by atomic mass is 16.3. The van der Waals surface area contributed by atoms with Crippen LogP contribution >= 0.6 is 0 Å². The molecule has 1 aromatic carbocycles. The largest absolute Gasteiger partial charge is 0.508 e. The van der Waals surface area contributed by atoms with Crippen molar-refractivity contribution < 1.29 is 9.90 Å². The van der Waals surface area contributed by atoms with E-state index in [-0.39, 0.29) is 17.7 Å². The van der Waals surface area contributed by atoms with E-state index in [1.54, 1.807) is 18.2 Å². The van der Waals surface area contributed by atoms with Gasteiger partial charge in [-0.1, -0.05) is 18.2 Å². The molecule has 1 rings (SSSR count). The number of rotatable bonds is 7. The first-order valence-electron chi connectivity index (χ1n) is 6.47. The van der Waals surface area contributed by atoms with Crippen LogP contribution in [0.1, 0.15) is 25.3 Å². The number of hydrogen-bond acceptors (Lipinski definition) is 3. The third-order valence-corrected chi connectivity index (χ3v) is 2.95. The Bertz CT molecular complexity index is 415. The van der Waals surface area contributed by atoms with Crippen molar-refractivity contribution in [1.29, 1.82) is 0 Å². The molecule has 104 valence electrons. The van der Waals surface area contributed by atoms with E-state index < -0.39 is 6.04 Å². The van der Waals surface area contributed by atoms with Crippen LogP contribution in [-0.2, 0) is 11.2 Å². The summed E-state index contributed by atoms with van der Waals surface area (Å²) in [5, 5.41) is 12.1. The van der Waals surface area contributed by atoms with Crippen LogP contribution in [0.4, 0.5) is 0 Å². The molecule has 4 heteroatoms. The Labute approximate surface area is 114 Å². The molecular formula is C15H22N2O2. The second kappa shape index (κ2) is 7.59. The fraction of sp³-hybridized carbons (Fsp3) is 0.400. The number of hydrogen-bond donors (Lipinski definition) is 3. The number of amides is 1. The maximum absolute atomic E-state index is 11.7. The van der Waals surface area contributed by atoms with Crippen LogP contribution in [-0.4, -0.2) is 23.1 Å². The topological polar surface area (TPSA) is 75.4 Å². The van der Waals surface area contributed by atoms with Gasteiger partial charge in [0.2, 0.25) is 5.91 Å². The first-order valence-corrected chi connectivity index (χ1v) is 6.47. The van der Waals surface area contributed by atoms with Gasteiger partial charge in [-0.15, -0.1) is 6.58 Å². The van der Waals surface area contributed by atoms with Crippen molar-refractivity contribution >= 4 is 5.91 Å². The van der Waals surface area contributed by atoms with E-state index in [2.05, 4.69) is 11.9 Å². The van der Waals surface area contributed by atoms with Gasteiger partial charge in [-0.25, -0.2) is 0 Å². The molecular weight excluding hydrogens is 240 g/mol. The third kappa shape index (κ3) is 5.57. The van der Waals surface area contributed by atoms with Gasteiger partial charge in [0.15, 0.2) is 0 Å². The minimum Gasteiger partial charge on any atom is -0.508 e. The van der Waals surface area contributed by atoms with E-state index in [4.69, 9.17) is 5.73 Å². The average molecular weight is 262 g/mol. The summed E-state index contributed by atoms with van der Waals surface area (Å²) in [4.78, 5) is 11.7. The molecule has 0 spiro atoms. The van der Waals surface area contributed by atoms with Crippen molar-refractivity contribution in [3.05, 3.63) is 42.5 Å². The zero-order valence-corrected chi connectivity index (χ0v) is 11.3. The summed E-state index contributed by atoms with van der Waals surface area (Å²) in [5.41, 5.74) is 6.82. The number of phenolic OH excluding ortho intramolecular Hbond substituents is 1. The summed E-state index contributed by atoms with van der Waals surface area (Å²) in [5.74, 6) is 0.124. The van der Waals surface area contributed by atoms with Gasteiger partial charge in [-0.05, 0) is 43.9 Å². The highest BCUT2D eigenvalue weighted by molar-refractivity contribution is 5.81. The third-order valence-electron chi connectivity index (χ3n) is 2.95. The number of carbonyl (C=O) groups is 1. The van der Waals surface area contributed by atoms with E-state index >= 15 is 0 Å². The number of phenols is 1. The second-order valence-electron chi connectivity index (χ2n) is 4.75. The van der Waals surface area contributed by atoms with Gasteiger partial charge in [-0.2, -0.15) is 0 Å². The SMILES string of the molecule is C=CCC(N)C(=O)NC(C)CCc1ccc(O)cc1. The highest BCUT2D eigenvalue weighted by Crippen LogP contribution is 2.11. The molecule has 0 aliphatic heterocycles. The molecule has 0 fully saturated rings. The Morgan fingerprint density at radius 3 is 2.68 bits per heavy atom. The molecule has 0 heterocycles. The molecule has 1 aromatic rings. The number of benzene rings is 1. The minimum atomic E-state index is -0.520. The summed E-state index contributed by atoms with van der Waals surface area (Å²) in [6.45, 7) is 5.52. The molecule has 19 heavy (non-hydrogen) atoms. The lowest BCUT2D eigenvalue weighted by atomic mass is 10.1. The van der Waals surface area contributed by atoms with Crippen LogP contribution in [0.5, 0.6) is 5.75 Å². The van der Waals surface area contributed by atoms with Crippen molar-refractivity contribution in [3.8, 4) is 5.75 Å². The molecule has 2 atom stereocenters. The van der Waals surface area contributed by atoms with Crippen molar-refractivity contribution in [3.63, 3.8) is 0 Å². The van der Waals surface area contributed by atoms with Gasteiger partial charge in [0.25, 0.3) is 0 Å². The first-order chi connectivity index (χ1) is 9.02. The van der Waals surface area contributed by atoms with Crippen LogP contribution in [0.3, 0.4) is 0 Å². The van der Waals surface area contributed by atoms with E-state index in [9.17, 15) is 9.90 Å². The molecule has 0 saturated heterocycles. The molecule has 0 aliphatic carbocycles. The normalized spacial score (nSPS) is 13.6. The predicted molar refractivity (Wildman–Crippen MR) is 76.8 cm³/mol. The molecule has 0 bridgehead atoms. The van der Waals surface area contributed by atoms with Crippen LogP contribution in [0.2, 0.25) is 0 Å². The Kier molecular flexibility index (Phi) is 6.09. The summed E-state index contributed by atoms with van der Waals surface area (Å²) in [6, 6.07) is 6.64. The van der Waals surface area contributed by atoms with Crippen molar-refractivity contribution in [2.75, 3.05) is 0 Å². The van der Waals surface area contributed by atoms with Crippen LogP contribution < -0.4 is 11.1 Å². The highest BCUT2D eigenvalue weighted by Gasteiger charge is 2.14. The van der Waals surface area contributed by atoms with Crippen LogP contribution in [0.15, 0.2) is 36.9 Å². The molecule has 1 amide bonds. The number of aromatic hydroxyl groups is 1. The average Bonchev–Trinajstić information content (AvgIpc) is 2.38. The van der Waals surface area contributed by atoms with E-state index in [1.807, 2.05) is 19.1 Å². The number of carbonyl (C=O) groups excluding carboxylic acids is 1. The molecule has 4 N–H and O–H groups in total. The molecule has 0 radical (unpaired) electrons. The number of aryl methyl sites for hydroxylation is 1. The van der Waals surface area contributed by atoms with Gasteiger partial charge >= 0.3 is 0 Å². The van der Waals surface area contributed by atoms with Gasteiger partial charge in [0.05, 0.1) is 6.04 Å². The number of nitrogens with one attached hydrogen (secondary N) is 1. The van der Waals surface area contributed by atoms with E-state index in [0.29, 0.717) is 6.42 Å². The van der Waals surface area contributed by atoms with Crippen LogP contribution in [0, 0.1) is 0 Å². The Morgan fingerprint density at radius 2 is 2.11 bits per heavy atom. The standard InChI is InChI=1S/C15H22N2O2/c1-3-4-14(16)15(19)17-11(2)5-6-12-7-9-13(18)10-8-12/h3,7-11,14,18H,1,4-6,16H2,2H3,(H,17,19). The first kappa shape index (κ1) is 15.2. The Balaban J connectivity index is 2.35. The summed E-state index contributed by atoms with van der Waals surface area (Å²) < 4.78 is 0. The maximum Gasteiger partial charge on any atom is 0.237 e. The summed E-state index contributed by atoms with van der Waals surface area (Å²) in [7, 11) is 0. The zero-order valence-electron chi connectivity index (χ0n) is 11.3. The maximum atomic E-state index is 11.7. The fourth-order valence-electron chi connectivity index (χ4n) is 1.75. The van der Waals surface area contributed by atoms with Gasteiger partial charge in [0.1, 0.15) is 5.75 Å². The van der Waals surface area contributed by atoms with Gasteiger partial charge < -0.3 is 16.2 Å². The zero-order chi connectivity index (χ0) is 14.3. The Hall–Kier alpha value is -1.81. The lowest BCUT2D eigenvalue weighted by Gasteiger charge is -2.16. The molecule has 0 aliphatic rings. The van der Waals surface area contributed by atoms with Crippen molar-refractivity contribution in [2.45, 2.75) is 38.3 Å². The van der Waals surface area contributed by atoms with Crippen LogP contribution in [0.25, 0.3) is 0 Å². The second-order valence-corrected chi connectivity index (χ2v) is 4.75. The summed E-state index contributed by atoms with van der Waals surface area (Å²) in [6.07, 6.45) is 3.80. The van der Waals surface area contributed by atoms with Crippen molar-refractivity contribution in [2.24, 2.45) is 5.73 Å². The van der Waals surface area contributed by atoms with Gasteiger partial charge in [-0.3, -0.25) is 4.79 Å². The lowest BCUT2D eigenvalue weighted by Crippen LogP contribution is -2.44. The fourth-order valence-corrected chi connectivity index (χ4v) is 1.75. The number of nitrogens with two attached hydrogens (primary N) is 1. The summed E-state index contributed by atoms with van der Waals surface area (Å²) >= 11 is 0.